The summed E-state index contributed by atoms with van der Waals surface area (Å²) in [5.74, 6) is 0.135. The second-order valence-electron chi connectivity index (χ2n) is 5.16. The molecule has 0 aliphatic heterocycles. The van der Waals surface area contributed by atoms with Crippen LogP contribution in [0.25, 0.3) is 0 Å². The highest BCUT2D eigenvalue weighted by Gasteiger charge is 2.05. The molecule has 1 aromatic heterocycles. The highest BCUT2D eigenvalue weighted by atomic mass is 16.5. The van der Waals surface area contributed by atoms with E-state index in [0.717, 1.165) is 11.4 Å². The lowest BCUT2D eigenvalue weighted by molar-refractivity contribution is 0.0600. The minimum atomic E-state index is -0.369. The van der Waals surface area contributed by atoms with Crippen LogP contribution in [0.2, 0.25) is 0 Å². The van der Waals surface area contributed by atoms with Crippen molar-refractivity contribution in [3.63, 3.8) is 0 Å². The van der Waals surface area contributed by atoms with Gasteiger partial charge >= 0.3 is 5.97 Å². The maximum atomic E-state index is 11.3. The maximum absolute atomic E-state index is 11.3. The van der Waals surface area contributed by atoms with Gasteiger partial charge in [0.2, 0.25) is 0 Å². The average Bonchev–Trinajstić information content (AvgIpc) is 2.53. The molecule has 4 nitrogen and oxygen atoms in total. The zero-order valence-electron chi connectivity index (χ0n) is 12.6. The Bertz CT molecular complexity index is 606. The van der Waals surface area contributed by atoms with E-state index < -0.39 is 0 Å². The number of aromatic nitrogens is 1. The molecule has 21 heavy (non-hydrogen) atoms. The van der Waals surface area contributed by atoms with Crippen molar-refractivity contribution in [3.05, 3.63) is 59.4 Å². The van der Waals surface area contributed by atoms with E-state index in [1.807, 2.05) is 18.2 Å². The summed E-state index contributed by atoms with van der Waals surface area (Å²) in [6, 6.07) is 11.9. The van der Waals surface area contributed by atoms with Crippen LogP contribution in [-0.4, -0.2) is 18.1 Å². The molecule has 0 saturated heterocycles. The number of carbonyl (C=O) groups excluding carboxylic acids is 1. The first-order valence-corrected chi connectivity index (χ1v) is 6.97. The van der Waals surface area contributed by atoms with E-state index in [1.54, 1.807) is 6.07 Å². The highest BCUT2D eigenvalue weighted by molar-refractivity contribution is 5.88. The van der Waals surface area contributed by atoms with E-state index >= 15 is 0 Å². The second kappa shape index (κ2) is 6.88. The number of benzene rings is 1. The van der Waals surface area contributed by atoms with Crippen molar-refractivity contribution in [2.24, 2.45) is 0 Å². The van der Waals surface area contributed by atoms with Crippen LogP contribution in [0.15, 0.2) is 42.6 Å². The van der Waals surface area contributed by atoms with Crippen LogP contribution in [0.3, 0.4) is 0 Å². The predicted molar refractivity (Wildman–Crippen MR) is 83.4 cm³/mol. The summed E-state index contributed by atoms with van der Waals surface area (Å²) in [4.78, 5) is 15.6. The number of methoxy groups -OCH3 is 1. The van der Waals surface area contributed by atoms with Gasteiger partial charge in [0.25, 0.3) is 0 Å². The third kappa shape index (κ3) is 4.05. The van der Waals surface area contributed by atoms with E-state index in [9.17, 15) is 4.79 Å². The Balaban J connectivity index is 2.00. The smallest absolute Gasteiger partial charge is 0.339 e. The van der Waals surface area contributed by atoms with Crippen LogP contribution in [0.4, 0.5) is 5.69 Å². The molecule has 0 radical (unpaired) electrons. The molecular formula is C17H20N2O2. The molecule has 1 aromatic carbocycles. The topological polar surface area (TPSA) is 51.2 Å². The van der Waals surface area contributed by atoms with E-state index in [0.29, 0.717) is 18.0 Å². The lowest BCUT2D eigenvalue weighted by atomic mass is 10.0. The molecule has 0 aliphatic carbocycles. The minimum Gasteiger partial charge on any atom is -0.465 e. The van der Waals surface area contributed by atoms with Crippen molar-refractivity contribution >= 4 is 11.7 Å². The van der Waals surface area contributed by atoms with Gasteiger partial charge in [-0.1, -0.05) is 26.0 Å². The van der Waals surface area contributed by atoms with Gasteiger partial charge in [0.05, 0.1) is 24.9 Å². The van der Waals surface area contributed by atoms with Gasteiger partial charge in [-0.05, 0) is 35.7 Å². The molecule has 4 heteroatoms. The molecule has 1 N–H and O–H groups in total. The van der Waals surface area contributed by atoms with Gasteiger partial charge in [-0.25, -0.2) is 4.79 Å². The summed E-state index contributed by atoms with van der Waals surface area (Å²) in [5, 5.41) is 3.34. The van der Waals surface area contributed by atoms with Crippen molar-refractivity contribution in [1.29, 1.82) is 0 Å². The third-order valence-corrected chi connectivity index (χ3v) is 3.27. The quantitative estimate of drug-likeness (QED) is 0.852. The summed E-state index contributed by atoms with van der Waals surface area (Å²) >= 11 is 0. The Hall–Kier alpha value is -2.36. The molecule has 0 amide bonds. The lowest BCUT2D eigenvalue weighted by Crippen LogP contribution is -2.05. The number of nitrogens with one attached hydrogen (secondary N) is 1. The Kier molecular flexibility index (Phi) is 4.93. The molecule has 0 fully saturated rings. The number of ether oxygens (including phenoxy) is 1. The number of rotatable bonds is 5. The van der Waals surface area contributed by atoms with Crippen molar-refractivity contribution in [2.75, 3.05) is 12.4 Å². The third-order valence-electron chi connectivity index (χ3n) is 3.27. The number of nitrogens with zero attached hydrogens (tertiary/aromatic N) is 1. The molecule has 2 rings (SSSR count). The molecule has 2 aromatic rings. The van der Waals surface area contributed by atoms with Crippen LogP contribution in [0, 0.1) is 0 Å². The lowest BCUT2D eigenvalue weighted by Gasteiger charge is -2.10. The molecular weight excluding hydrogens is 264 g/mol. The van der Waals surface area contributed by atoms with Crippen LogP contribution in [0.5, 0.6) is 0 Å². The molecule has 0 aliphatic rings. The van der Waals surface area contributed by atoms with Gasteiger partial charge < -0.3 is 10.1 Å². The van der Waals surface area contributed by atoms with Gasteiger partial charge in [-0.3, -0.25) is 4.98 Å². The number of anilines is 1. The largest absolute Gasteiger partial charge is 0.465 e. The van der Waals surface area contributed by atoms with Crippen LogP contribution in [0.1, 0.15) is 41.4 Å². The SMILES string of the molecule is COC(=O)c1ccc(CNc2cccc(C(C)C)c2)nc1. The Morgan fingerprint density at radius 2 is 2.10 bits per heavy atom. The Morgan fingerprint density at radius 1 is 1.29 bits per heavy atom. The van der Waals surface area contributed by atoms with E-state index in [4.69, 9.17) is 0 Å². The number of carbonyl (C=O) groups is 1. The van der Waals surface area contributed by atoms with Gasteiger partial charge in [0.15, 0.2) is 0 Å². The monoisotopic (exact) mass is 284 g/mol. The maximum Gasteiger partial charge on any atom is 0.339 e. The molecule has 0 unspecified atom stereocenters. The van der Waals surface area contributed by atoms with Crippen LogP contribution < -0.4 is 5.32 Å². The molecule has 0 atom stereocenters. The normalized spacial score (nSPS) is 10.5. The average molecular weight is 284 g/mol. The highest BCUT2D eigenvalue weighted by Crippen LogP contribution is 2.18. The number of hydrogen-bond donors (Lipinski definition) is 1. The number of esters is 1. The number of pyridine rings is 1. The molecule has 0 spiro atoms. The summed E-state index contributed by atoms with van der Waals surface area (Å²) in [6.07, 6.45) is 1.54. The summed E-state index contributed by atoms with van der Waals surface area (Å²) in [5.41, 5.74) is 3.70. The Labute approximate surface area is 125 Å². The van der Waals surface area contributed by atoms with Crippen LogP contribution >= 0.6 is 0 Å². The van der Waals surface area contributed by atoms with Crippen molar-refractivity contribution in [2.45, 2.75) is 26.3 Å². The first-order valence-electron chi connectivity index (χ1n) is 6.97. The van der Waals surface area contributed by atoms with Gasteiger partial charge in [-0.15, -0.1) is 0 Å². The second-order valence-corrected chi connectivity index (χ2v) is 5.16. The predicted octanol–water partition coefficient (Wildman–Crippen LogP) is 3.60. The summed E-state index contributed by atoms with van der Waals surface area (Å²) < 4.78 is 4.65. The first-order chi connectivity index (χ1) is 10.1. The molecule has 1 heterocycles. The summed E-state index contributed by atoms with van der Waals surface area (Å²) in [7, 11) is 1.36. The van der Waals surface area contributed by atoms with Gasteiger partial charge in [0.1, 0.15) is 0 Å². The summed E-state index contributed by atoms with van der Waals surface area (Å²) in [6.45, 7) is 4.96. The Morgan fingerprint density at radius 3 is 2.71 bits per heavy atom. The molecule has 0 saturated carbocycles. The van der Waals surface area contributed by atoms with Gasteiger partial charge in [0, 0.05) is 11.9 Å². The van der Waals surface area contributed by atoms with E-state index in [1.165, 1.54) is 18.9 Å². The first kappa shape index (κ1) is 15.0. The van der Waals surface area contributed by atoms with Crippen molar-refractivity contribution < 1.29 is 9.53 Å². The fourth-order valence-corrected chi connectivity index (χ4v) is 1.97. The minimum absolute atomic E-state index is 0.369. The standard InChI is InChI=1S/C17H20N2O2/c1-12(2)13-5-4-6-15(9-13)19-11-16-8-7-14(10-18-16)17(20)21-3/h4-10,12,19H,11H2,1-3H3. The fraction of sp³-hybridized carbons (Fsp3) is 0.294. The van der Waals surface area contributed by atoms with Crippen LogP contribution in [-0.2, 0) is 11.3 Å². The van der Waals surface area contributed by atoms with E-state index in [-0.39, 0.29) is 5.97 Å². The molecule has 0 bridgehead atoms. The number of hydrogen-bond acceptors (Lipinski definition) is 4. The zero-order chi connectivity index (χ0) is 15.2. The zero-order valence-corrected chi connectivity index (χ0v) is 12.6. The van der Waals surface area contributed by atoms with Gasteiger partial charge in [-0.2, -0.15) is 0 Å². The van der Waals surface area contributed by atoms with E-state index in [2.05, 4.69) is 41.0 Å². The molecule has 110 valence electrons. The van der Waals surface area contributed by atoms with Crippen molar-refractivity contribution in [1.82, 2.24) is 4.98 Å². The fourth-order valence-electron chi connectivity index (χ4n) is 1.97. The van der Waals surface area contributed by atoms with Crippen molar-refractivity contribution in [3.8, 4) is 0 Å².